The Bertz CT molecular complexity index is 1260. The number of fused-ring (bicyclic) bond motifs is 2. The van der Waals surface area contributed by atoms with Crippen LogP contribution < -0.4 is 11.1 Å². The second kappa shape index (κ2) is 7.95. The van der Waals surface area contributed by atoms with Crippen LogP contribution in [0, 0.1) is 12.8 Å². The summed E-state index contributed by atoms with van der Waals surface area (Å²) in [7, 11) is 0. The number of nitrogens with two attached hydrogens (primary N) is 1. The van der Waals surface area contributed by atoms with Crippen molar-refractivity contribution in [1.82, 2.24) is 19.9 Å². The summed E-state index contributed by atoms with van der Waals surface area (Å²) in [5, 5.41) is 3.59. The number of nitrogens with zero attached hydrogens (tertiary/aromatic N) is 3. The highest BCUT2D eigenvalue weighted by Crippen LogP contribution is 2.32. The predicted octanol–water partition coefficient (Wildman–Crippen LogP) is 4.89. The average Bonchev–Trinajstić information content (AvgIpc) is 2.98. The summed E-state index contributed by atoms with van der Waals surface area (Å²) >= 11 is 6.36. The molecule has 0 aliphatic carbocycles. The Morgan fingerprint density at radius 1 is 1.17 bits per heavy atom. The summed E-state index contributed by atoms with van der Waals surface area (Å²) < 4.78 is 1.75. The van der Waals surface area contributed by atoms with E-state index in [0.717, 1.165) is 23.2 Å². The standard InChI is InChI=1S/C23H24ClN5O/c1-13(2)10-11-26-23(30)19-20-22(28-18-7-5-4-6-17(18)27-20)29(21(19)25)15-9-8-14(3)16(24)12-15/h4-9,12-13H,10-11,25H2,1-3H3,(H,26,30). The van der Waals surface area contributed by atoms with E-state index in [1.807, 2.05) is 49.4 Å². The number of aryl methyl sites for hydroxylation is 1. The Kier molecular flexibility index (Phi) is 5.35. The van der Waals surface area contributed by atoms with Crippen molar-refractivity contribution in [3.8, 4) is 5.69 Å². The van der Waals surface area contributed by atoms with E-state index in [-0.39, 0.29) is 5.91 Å². The number of carbonyl (C=O) groups is 1. The minimum atomic E-state index is -0.250. The third-order valence-electron chi connectivity index (χ3n) is 5.15. The Morgan fingerprint density at radius 2 is 1.87 bits per heavy atom. The first-order valence-corrected chi connectivity index (χ1v) is 10.4. The molecule has 3 N–H and O–H groups in total. The first kappa shape index (κ1) is 20.2. The van der Waals surface area contributed by atoms with Gasteiger partial charge >= 0.3 is 0 Å². The second-order valence-corrected chi connectivity index (χ2v) is 8.26. The van der Waals surface area contributed by atoms with Gasteiger partial charge in [0.05, 0.1) is 16.7 Å². The van der Waals surface area contributed by atoms with Gasteiger partial charge in [0.2, 0.25) is 0 Å². The maximum absolute atomic E-state index is 13.1. The van der Waals surface area contributed by atoms with Crippen LogP contribution in [0.2, 0.25) is 5.02 Å². The van der Waals surface area contributed by atoms with Gasteiger partial charge in [-0.25, -0.2) is 9.97 Å². The smallest absolute Gasteiger partial charge is 0.257 e. The lowest BCUT2D eigenvalue weighted by Crippen LogP contribution is -2.26. The maximum atomic E-state index is 13.1. The number of para-hydroxylation sites is 2. The fourth-order valence-corrected chi connectivity index (χ4v) is 3.61. The van der Waals surface area contributed by atoms with E-state index in [1.165, 1.54) is 0 Å². The molecule has 0 bridgehead atoms. The van der Waals surface area contributed by atoms with Gasteiger partial charge in [-0.1, -0.05) is 43.6 Å². The Hall–Kier alpha value is -3.12. The number of rotatable bonds is 5. The molecule has 30 heavy (non-hydrogen) atoms. The summed E-state index contributed by atoms with van der Waals surface area (Å²) in [4.78, 5) is 22.6. The highest BCUT2D eigenvalue weighted by atomic mass is 35.5. The number of nitrogen functional groups attached to an aromatic ring is 1. The molecular weight excluding hydrogens is 398 g/mol. The van der Waals surface area contributed by atoms with Crippen molar-refractivity contribution in [3.05, 3.63) is 58.6 Å². The van der Waals surface area contributed by atoms with Crippen LogP contribution in [-0.2, 0) is 0 Å². The highest BCUT2D eigenvalue weighted by Gasteiger charge is 2.24. The predicted molar refractivity (Wildman–Crippen MR) is 122 cm³/mol. The van der Waals surface area contributed by atoms with Crippen LogP contribution in [0.5, 0.6) is 0 Å². The van der Waals surface area contributed by atoms with Crippen molar-refractivity contribution in [2.24, 2.45) is 5.92 Å². The number of hydrogen-bond donors (Lipinski definition) is 2. The Morgan fingerprint density at radius 3 is 2.53 bits per heavy atom. The van der Waals surface area contributed by atoms with Crippen molar-refractivity contribution in [2.45, 2.75) is 27.2 Å². The fraction of sp³-hybridized carbons (Fsp3) is 0.261. The van der Waals surface area contributed by atoms with E-state index in [1.54, 1.807) is 4.57 Å². The van der Waals surface area contributed by atoms with Gasteiger partial charge < -0.3 is 11.1 Å². The van der Waals surface area contributed by atoms with E-state index in [4.69, 9.17) is 27.3 Å². The third kappa shape index (κ3) is 3.59. The highest BCUT2D eigenvalue weighted by molar-refractivity contribution is 6.31. The zero-order valence-electron chi connectivity index (χ0n) is 17.2. The van der Waals surface area contributed by atoms with Gasteiger partial charge in [-0.05, 0) is 49.1 Å². The molecule has 0 radical (unpaired) electrons. The van der Waals surface area contributed by atoms with E-state index >= 15 is 0 Å². The summed E-state index contributed by atoms with van der Waals surface area (Å²) in [6, 6.07) is 13.2. The number of carbonyl (C=O) groups excluding carboxylic acids is 1. The molecule has 0 saturated carbocycles. The molecule has 0 unspecified atom stereocenters. The van der Waals surface area contributed by atoms with Crippen LogP contribution in [0.3, 0.4) is 0 Å². The van der Waals surface area contributed by atoms with Crippen molar-refractivity contribution in [3.63, 3.8) is 0 Å². The number of anilines is 1. The largest absolute Gasteiger partial charge is 0.384 e. The number of aromatic nitrogens is 3. The molecule has 1 amide bonds. The molecule has 0 atom stereocenters. The Balaban J connectivity index is 1.94. The first-order valence-electron chi connectivity index (χ1n) is 9.98. The molecule has 0 spiro atoms. The molecule has 4 aromatic rings. The number of halogens is 1. The lowest BCUT2D eigenvalue weighted by Gasteiger charge is -2.10. The van der Waals surface area contributed by atoms with Crippen molar-refractivity contribution < 1.29 is 4.79 Å². The monoisotopic (exact) mass is 421 g/mol. The Labute approximate surface area is 180 Å². The topological polar surface area (TPSA) is 85.8 Å². The van der Waals surface area contributed by atoms with E-state index in [2.05, 4.69) is 19.2 Å². The molecule has 6 nitrogen and oxygen atoms in total. The third-order valence-corrected chi connectivity index (χ3v) is 5.55. The quantitative estimate of drug-likeness (QED) is 0.480. The minimum Gasteiger partial charge on any atom is -0.384 e. The van der Waals surface area contributed by atoms with Crippen LogP contribution in [0.4, 0.5) is 5.82 Å². The van der Waals surface area contributed by atoms with E-state index in [0.29, 0.717) is 45.5 Å². The van der Waals surface area contributed by atoms with Crippen molar-refractivity contribution in [1.29, 1.82) is 0 Å². The molecule has 0 aliphatic heterocycles. The average molecular weight is 422 g/mol. The molecule has 7 heteroatoms. The minimum absolute atomic E-state index is 0.250. The van der Waals surface area contributed by atoms with Gasteiger partial charge in [-0.2, -0.15) is 0 Å². The van der Waals surface area contributed by atoms with Crippen molar-refractivity contribution >= 4 is 45.5 Å². The van der Waals surface area contributed by atoms with Gasteiger partial charge in [0, 0.05) is 11.6 Å². The van der Waals surface area contributed by atoms with E-state index in [9.17, 15) is 4.79 Å². The van der Waals surface area contributed by atoms with Crippen LogP contribution in [-0.4, -0.2) is 27.0 Å². The maximum Gasteiger partial charge on any atom is 0.257 e. The van der Waals surface area contributed by atoms with Gasteiger partial charge in [0.25, 0.3) is 5.91 Å². The molecule has 0 fully saturated rings. The molecule has 0 aliphatic rings. The lowest BCUT2D eigenvalue weighted by molar-refractivity contribution is 0.0954. The van der Waals surface area contributed by atoms with Gasteiger partial charge in [0.15, 0.2) is 5.65 Å². The molecule has 2 aromatic carbocycles. The van der Waals surface area contributed by atoms with Crippen molar-refractivity contribution in [2.75, 3.05) is 12.3 Å². The van der Waals surface area contributed by atoms with Gasteiger partial charge in [-0.15, -0.1) is 0 Å². The number of amides is 1. The summed E-state index contributed by atoms with van der Waals surface area (Å²) in [6.07, 6.45) is 0.881. The second-order valence-electron chi connectivity index (χ2n) is 7.85. The normalized spacial score (nSPS) is 11.5. The molecule has 2 heterocycles. The molecule has 0 saturated heterocycles. The first-order chi connectivity index (χ1) is 14.4. The summed E-state index contributed by atoms with van der Waals surface area (Å²) in [5.41, 5.74) is 11.0. The van der Waals surface area contributed by atoms with Crippen LogP contribution in [0.1, 0.15) is 36.2 Å². The van der Waals surface area contributed by atoms with Crippen LogP contribution >= 0.6 is 11.6 Å². The van der Waals surface area contributed by atoms with Gasteiger partial charge in [0.1, 0.15) is 16.9 Å². The number of nitrogens with one attached hydrogen (secondary N) is 1. The number of benzene rings is 2. The molecule has 4 rings (SSSR count). The van der Waals surface area contributed by atoms with E-state index < -0.39 is 0 Å². The molecule has 154 valence electrons. The zero-order chi connectivity index (χ0) is 21.4. The van der Waals surface area contributed by atoms with Gasteiger partial charge in [-0.3, -0.25) is 9.36 Å². The molecular formula is C23H24ClN5O. The molecule has 2 aromatic heterocycles. The summed E-state index contributed by atoms with van der Waals surface area (Å²) in [5.74, 6) is 0.532. The van der Waals surface area contributed by atoms with Crippen LogP contribution in [0.15, 0.2) is 42.5 Å². The summed E-state index contributed by atoms with van der Waals surface area (Å²) in [6.45, 7) is 6.74. The SMILES string of the molecule is Cc1ccc(-n2c(N)c(C(=O)NCCC(C)C)c3nc4ccccc4nc32)cc1Cl. The fourth-order valence-electron chi connectivity index (χ4n) is 3.43. The zero-order valence-corrected chi connectivity index (χ0v) is 18.0. The number of hydrogen-bond acceptors (Lipinski definition) is 4. The van der Waals surface area contributed by atoms with Crippen LogP contribution in [0.25, 0.3) is 27.9 Å². The lowest BCUT2D eigenvalue weighted by atomic mass is 10.1.